The molecule has 0 saturated carbocycles. The van der Waals surface area contributed by atoms with Crippen LogP contribution >= 0.6 is 15.9 Å². The monoisotopic (exact) mass is 261 g/mol. The first kappa shape index (κ1) is 11.5. The Bertz CT molecular complexity index is 273. The highest BCUT2D eigenvalue weighted by atomic mass is 79.9. The number of nitrogens with two attached hydrogens (primary N) is 1. The van der Waals surface area contributed by atoms with Gasteiger partial charge in [0, 0.05) is 10.5 Å². The lowest BCUT2D eigenvalue weighted by Crippen LogP contribution is -2.03. The number of rotatable bonds is 5. The minimum Gasteiger partial charge on any atom is -0.493 e. The molecular weight excluding hydrogens is 249 g/mol. The van der Waals surface area contributed by atoms with Gasteiger partial charge in [0.15, 0.2) is 0 Å². The van der Waals surface area contributed by atoms with Gasteiger partial charge in [0.2, 0.25) is 0 Å². The van der Waals surface area contributed by atoms with Gasteiger partial charge < -0.3 is 10.5 Å². The molecule has 0 saturated heterocycles. The molecule has 1 rings (SSSR count). The van der Waals surface area contributed by atoms with E-state index in [-0.39, 0.29) is 5.82 Å². The van der Waals surface area contributed by atoms with Crippen molar-refractivity contribution in [2.24, 2.45) is 5.73 Å². The summed E-state index contributed by atoms with van der Waals surface area (Å²) in [6.07, 6.45) is 1.82. The zero-order chi connectivity index (χ0) is 10.4. The molecule has 0 aliphatic rings. The van der Waals surface area contributed by atoms with E-state index < -0.39 is 0 Å². The summed E-state index contributed by atoms with van der Waals surface area (Å²) in [5, 5.41) is 0. The topological polar surface area (TPSA) is 35.2 Å². The molecule has 0 unspecified atom stereocenters. The summed E-state index contributed by atoms with van der Waals surface area (Å²) in [6, 6.07) is 4.51. The number of halogens is 2. The fourth-order valence-corrected chi connectivity index (χ4v) is 1.49. The first-order chi connectivity index (χ1) is 6.72. The summed E-state index contributed by atoms with van der Waals surface area (Å²) in [5.74, 6) is 0.252. The van der Waals surface area contributed by atoms with Crippen molar-refractivity contribution in [2.45, 2.75) is 12.8 Å². The van der Waals surface area contributed by atoms with Gasteiger partial charge in [0.05, 0.1) is 6.61 Å². The average Bonchev–Trinajstić information content (AvgIpc) is 2.11. The van der Waals surface area contributed by atoms with E-state index in [2.05, 4.69) is 15.9 Å². The summed E-state index contributed by atoms with van der Waals surface area (Å²) in [6.45, 7) is 1.24. The molecule has 0 heterocycles. The Hall–Kier alpha value is -0.610. The van der Waals surface area contributed by atoms with E-state index in [0.29, 0.717) is 23.4 Å². The number of benzene rings is 1. The summed E-state index contributed by atoms with van der Waals surface area (Å²) in [4.78, 5) is 0. The van der Waals surface area contributed by atoms with Gasteiger partial charge in [-0.15, -0.1) is 0 Å². The van der Waals surface area contributed by atoms with Crippen molar-refractivity contribution in [1.29, 1.82) is 0 Å². The van der Waals surface area contributed by atoms with Crippen molar-refractivity contribution in [3.8, 4) is 5.75 Å². The zero-order valence-electron chi connectivity index (χ0n) is 7.80. The van der Waals surface area contributed by atoms with Crippen molar-refractivity contribution >= 4 is 15.9 Å². The van der Waals surface area contributed by atoms with E-state index in [1.807, 2.05) is 0 Å². The van der Waals surface area contributed by atoms with Gasteiger partial charge >= 0.3 is 0 Å². The summed E-state index contributed by atoms with van der Waals surface area (Å²) >= 11 is 3.20. The van der Waals surface area contributed by atoms with Crippen LogP contribution in [-0.2, 0) is 0 Å². The van der Waals surface area contributed by atoms with E-state index in [0.717, 1.165) is 12.8 Å². The molecule has 0 fully saturated rings. The third kappa shape index (κ3) is 4.07. The lowest BCUT2D eigenvalue weighted by Gasteiger charge is -2.05. The summed E-state index contributed by atoms with van der Waals surface area (Å²) < 4.78 is 18.9. The van der Waals surface area contributed by atoms with E-state index >= 15 is 0 Å². The maximum absolute atomic E-state index is 12.9. The predicted molar refractivity (Wildman–Crippen MR) is 57.9 cm³/mol. The molecule has 4 heteroatoms. The Morgan fingerprint density at radius 3 is 2.71 bits per heavy atom. The predicted octanol–water partition coefficient (Wildman–Crippen LogP) is 2.71. The minimum absolute atomic E-state index is 0.298. The normalized spacial score (nSPS) is 10.2. The Kier molecular flexibility index (Phi) is 4.90. The molecule has 2 nitrogen and oxygen atoms in total. The van der Waals surface area contributed by atoms with Crippen LogP contribution in [0.5, 0.6) is 5.75 Å². The molecule has 78 valence electrons. The Morgan fingerprint density at radius 1 is 1.29 bits per heavy atom. The zero-order valence-corrected chi connectivity index (χ0v) is 9.39. The largest absolute Gasteiger partial charge is 0.493 e. The van der Waals surface area contributed by atoms with Crippen molar-refractivity contribution in [3.05, 3.63) is 28.5 Å². The molecule has 1 aromatic carbocycles. The van der Waals surface area contributed by atoms with Crippen LogP contribution in [0.15, 0.2) is 22.7 Å². The third-order valence-electron chi connectivity index (χ3n) is 1.70. The molecule has 14 heavy (non-hydrogen) atoms. The molecule has 2 N–H and O–H groups in total. The van der Waals surface area contributed by atoms with Gasteiger partial charge in [-0.2, -0.15) is 0 Å². The number of unbranched alkanes of at least 4 members (excludes halogenated alkanes) is 1. The molecule has 0 amide bonds. The highest BCUT2D eigenvalue weighted by molar-refractivity contribution is 9.10. The standard InChI is InChI=1S/C10H13BrFNO/c11-8-5-9(12)7-10(6-8)14-4-2-1-3-13/h5-7H,1-4,13H2. The van der Waals surface area contributed by atoms with Gasteiger partial charge in [-0.1, -0.05) is 15.9 Å². The summed E-state index contributed by atoms with van der Waals surface area (Å²) in [7, 11) is 0. The minimum atomic E-state index is -0.298. The van der Waals surface area contributed by atoms with Gasteiger partial charge in [0.25, 0.3) is 0 Å². The van der Waals surface area contributed by atoms with Crippen LogP contribution in [0, 0.1) is 5.82 Å². The second kappa shape index (κ2) is 5.98. The van der Waals surface area contributed by atoms with Crippen molar-refractivity contribution in [3.63, 3.8) is 0 Å². The molecule has 0 spiro atoms. The molecule has 1 aromatic rings. The van der Waals surface area contributed by atoms with Crippen LogP contribution < -0.4 is 10.5 Å². The molecule has 0 aliphatic carbocycles. The third-order valence-corrected chi connectivity index (χ3v) is 2.16. The van der Waals surface area contributed by atoms with Crippen LogP contribution in [-0.4, -0.2) is 13.2 Å². The highest BCUT2D eigenvalue weighted by Gasteiger charge is 1.99. The molecule has 0 atom stereocenters. The molecule has 0 aliphatic heterocycles. The van der Waals surface area contributed by atoms with Crippen molar-refractivity contribution < 1.29 is 9.13 Å². The number of hydrogen-bond acceptors (Lipinski definition) is 2. The second-order valence-corrected chi connectivity index (χ2v) is 3.87. The number of ether oxygens (including phenoxy) is 1. The maximum atomic E-state index is 12.9. The summed E-state index contributed by atoms with van der Waals surface area (Å²) in [5.41, 5.74) is 5.33. The van der Waals surface area contributed by atoms with Gasteiger partial charge in [-0.05, 0) is 31.5 Å². The number of hydrogen-bond donors (Lipinski definition) is 1. The van der Waals surface area contributed by atoms with Gasteiger partial charge in [0.1, 0.15) is 11.6 Å². The van der Waals surface area contributed by atoms with Crippen LogP contribution in [0.1, 0.15) is 12.8 Å². The van der Waals surface area contributed by atoms with Crippen molar-refractivity contribution in [1.82, 2.24) is 0 Å². The SMILES string of the molecule is NCCCCOc1cc(F)cc(Br)c1. The van der Waals surface area contributed by atoms with E-state index in [4.69, 9.17) is 10.5 Å². The van der Waals surface area contributed by atoms with E-state index in [1.54, 1.807) is 6.07 Å². The molecular formula is C10H13BrFNO. The average molecular weight is 262 g/mol. The maximum Gasteiger partial charge on any atom is 0.128 e. The van der Waals surface area contributed by atoms with E-state index in [9.17, 15) is 4.39 Å². The van der Waals surface area contributed by atoms with Crippen LogP contribution in [0.25, 0.3) is 0 Å². The van der Waals surface area contributed by atoms with Gasteiger partial charge in [-0.25, -0.2) is 4.39 Å². The van der Waals surface area contributed by atoms with Crippen LogP contribution in [0.4, 0.5) is 4.39 Å². The molecule has 0 aromatic heterocycles. The lowest BCUT2D eigenvalue weighted by molar-refractivity contribution is 0.306. The van der Waals surface area contributed by atoms with Crippen molar-refractivity contribution in [2.75, 3.05) is 13.2 Å². The first-order valence-corrected chi connectivity index (χ1v) is 5.30. The molecule has 0 bridgehead atoms. The first-order valence-electron chi connectivity index (χ1n) is 4.51. The second-order valence-electron chi connectivity index (χ2n) is 2.95. The fourth-order valence-electron chi connectivity index (χ4n) is 1.05. The Balaban J connectivity index is 2.42. The van der Waals surface area contributed by atoms with E-state index in [1.165, 1.54) is 12.1 Å². The lowest BCUT2D eigenvalue weighted by atomic mass is 10.3. The highest BCUT2D eigenvalue weighted by Crippen LogP contribution is 2.20. The fraction of sp³-hybridized carbons (Fsp3) is 0.400. The Labute approximate surface area is 91.4 Å². The van der Waals surface area contributed by atoms with Gasteiger partial charge in [-0.3, -0.25) is 0 Å². The quantitative estimate of drug-likeness (QED) is 0.828. The molecule has 0 radical (unpaired) electrons. The van der Waals surface area contributed by atoms with Crippen LogP contribution in [0.2, 0.25) is 0 Å². The van der Waals surface area contributed by atoms with Crippen LogP contribution in [0.3, 0.4) is 0 Å². The Morgan fingerprint density at radius 2 is 2.07 bits per heavy atom. The smallest absolute Gasteiger partial charge is 0.128 e.